The van der Waals surface area contributed by atoms with Crippen molar-refractivity contribution in [2.24, 2.45) is 0 Å². The van der Waals surface area contributed by atoms with Crippen molar-refractivity contribution in [1.82, 2.24) is 24.3 Å². The fourth-order valence-electron chi connectivity index (χ4n) is 2.85. The molecule has 112 valence electrons. The van der Waals surface area contributed by atoms with E-state index < -0.39 is 6.10 Å². The summed E-state index contributed by atoms with van der Waals surface area (Å²) >= 11 is 6.15. The lowest BCUT2D eigenvalue weighted by Gasteiger charge is -2.11. The van der Waals surface area contributed by atoms with Crippen LogP contribution in [0.4, 0.5) is 0 Å². The van der Waals surface area contributed by atoms with Crippen LogP contribution < -0.4 is 0 Å². The summed E-state index contributed by atoms with van der Waals surface area (Å²) in [6.45, 7) is 2.44. The minimum atomic E-state index is -0.586. The van der Waals surface area contributed by atoms with E-state index in [0.29, 0.717) is 23.7 Å². The lowest BCUT2D eigenvalue weighted by molar-refractivity contribution is 0.168. The van der Waals surface area contributed by atoms with Crippen LogP contribution in [-0.4, -0.2) is 29.4 Å². The highest BCUT2D eigenvalue weighted by Crippen LogP contribution is 2.34. The first kappa shape index (κ1) is 13.5. The molecule has 0 saturated heterocycles. The molecule has 1 unspecified atom stereocenters. The zero-order valence-electron chi connectivity index (χ0n) is 11.9. The second-order valence-electron chi connectivity index (χ2n) is 5.27. The summed E-state index contributed by atoms with van der Waals surface area (Å²) in [4.78, 5) is 8.76. The first-order chi connectivity index (χ1) is 10.7. The summed E-state index contributed by atoms with van der Waals surface area (Å²) in [7, 11) is 0. The SMILES string of the molecule is CCC(O)c1ncn2c1Cn1ncnc1-c1cc(Cl)ccc1-2. The zero-order valence-corrected chi connectivity index (χ0v) is 12.7. The summed E-state index contributed by atoms with van der Waals surface area (Å²) in [5, 5.41) is 15.1. The van der Waals surface area contributed by atoms with Gasteiger partial charge >= 0.3 is 0 Å². The topological polar surface area (TPSA) is 68.8 Å². The number of aliphatic hydroxyl groups is 1. The molecular formula is C15H14ClN5O. The third-order valence-electron chi connectivity index (χ3n) is 3.98. The molecule has 7 heteroatoms. The van der Waals surface area contributed by atoms with Crippen LogP contribution in [0.15, 0.2) is 30.9 Å². The molecule has 0 radical (unpaired) electrons. The maximum Gasteiger partial charge on any atom is 0.160 e. The first-order valence-electron chi connectivity index (χ1n) is 7.11. The van der Waals surface area contributed by atoms with Gasteiger partial charge in [-0.05, 0) is 24.6 Å². The van der Waals surface area contributed by atoms with Crippen molar-refractivity contribution in [3.05, 3.63) is 47.3 Å². The highest BCUT2D eigenvalue weighted by Gasteiger charge is 2.25. The van der Waals surface area contributed by atoms with Crippen molar-refractivity contribution >= 4 is 11.6 Å². The minimum absolute atomic E-state index is 0.508. The molecule has 1 aliphatic rings. The molecule has 0 fully saturated rings. The van der Waals surface area contributed by atoms with Gasteiger partial charge in [0.2, 0.25) is 0 Å². The van der Waals surface area contributed by atoms with Crippen LogP contribution in [0.25, 0.3) is 17.1 Å². The normalized spacial score (nSPS) is 14.0. The predicted octanol–water partition coefficient (Wildman–Crippen LogP) is 2.59. The lowest BCUT2D eigenvalue weighted by Crippen LogP contribution is -2.09. The van der Waals surface area contributed by atoms with Crippen LogP contribution in [0.2, 0.25) is 5.02 Å². The van der Waals surface area contributed by atoms with Gasteiger partial charge in [-0.1, -0.05) is 18.5 Å². The maximum atomic E-state index is 10.2. The largest absolute Gasteiger partial charge is 0.387 e. The molecule has 1 aliphatic heterocycles. The number of halogens is 1. The Morgan fingerprint density at radius 2 is 2.23 bits per heavy atom. The molecule has 3 aromatic rings. The van der Waals surface area contributed by atoms with Gasteiger partial charge in [-0.3, -0.25) is 0 Å². The van der Waals surface area contributed by atoms with Crippen LogP contribution in [0.5, 0.6) is 0 Å². The maximum absolute atomic E-state index is 10.2. The van der Waals surface area contributed by atoms with Gasteiger partial charge in [-0.2, -0.15) is 5.10 Å². The van der Waals surface area contributed by atoms with Crippen LogP contribution in [0, 0.1) is 0 Å². The number of imidazole rings is 1. The monoisotopic (exact) mass is 315 g/mol. The Kier molecular flexibility index (Phi) is 3.02. The third kappa shape index (κ3) is 1.88. The summed E-state index contributed by atoms with van der Waals surface area (Å²) < 4.78 is 3.79. The predicted molar refractivity (Wildman–Crippen MR) is 81.9 cm³/mol. The first-order valence-corrected chi connectivity index (χ1v) is 7.49. The van der Waals surface area contributed by atoms with E-state index in [-0.39, 0.29) is 0 Å². The highest BCUT2D eigenvalue weighted by atomic mass is 35.5. The Balaban J connectivity index is 2.02. The van der Waals surface area contributed by atoms with Crippen molar-refractivity contribution in [1.29, 1.82) is 0 Å². The molecule has 0 amide bonds. The lowest BCUT2D eigenvalue weighted by atomic mass is 10.1. The van der Waals surface area contributed by atoms with Crippen LogP contribution in [0.3, 0.4) is 0 Å². The molecule has 1 N–H and O–H groups in total. The average Bonchev–Trinajstić information content (AvgIpc) is 3.12. The summed E-state index contributed by atoms with van der Waals surface area (Å²) in [5.74, 6) is 0.762. The van der Waals surface area contributed by atoms with E-state index in [1.54, 1.807) is 6.33 Å². The smallest absolute Gasteiger partial charge is 0.160 e. The molecule has 4 rings (SSSR count). The summed E-state index contributed by atoms with van der Waals surface area (Å²) in [6, 6.07) is 5.66. The van der Waals surface area contributed by atoms with Gasteiger partial charge in [0.25, 0.3) is 0 Å². The van der Waals surface area contributed by atoms with Crippen molar-refractivity contribution in [3.8, 4) is 17.1 Å². The van der Waals surface area contributed by atoms with Gasteiger partial charge in [-0.15, -0.1) is 0 Å². The molecular weight excluding hydrogens is 302 g/mol. The van der Waals surface area contributed by atoms with Gasteiger partial charge in [0.05, 0.1) is 36.1 Å². The molecule has 1 aromatic carbocycles. The number of aromatic nitrogens is 5. The van der Waals surface area contributed by atoms with Crippen LogP contribution in [0.1, 0.15) is 30.8 Å². The Morgan fingerprint density at radius 3 is 3.05 bits per heavy atom. The van der Waals surface area contributed by atoms with Crippen molar-refractivity contribution in [3.63, 3.8) is 0 Å². The Hall–Kier alpha value is -2.18. The number of benzene rings is 1. The van der Waals surface area contributed by atoms with Gasteiger partial charge < -0.3 is 9.67 Å². The number of hydrogen-bond acceptors (Lipinski definition) is 4. The molecule has 22 heavy (non-hydrogen) atoms. The standard InChI is InChI=1S/C15H14ClN5O/c1-2-13(22)14-12-6-21-15(17-7-19-21)10-5-9(16)3-4-11(10)20(12)8-18-14/h3-5,7-8,13,22H,2,6H2,1H3. The van der Waals surface area contributed by atoms with Crippen molar-refractivity contribution in [2.75, 3.05) is 0 Å². The number of hydrogen-bond donors (Lipinski definition) is 1. The van der Waals surface area contributed by atoms with Gasteiger partial charge in [0.1, 0.15) is 6.33 Å². The molecule has 0 aliphatic carbocycles. The number of aliphatic hydroxyl groups excluding tert-OH is 1. The Bertz CT molecular complexity index is 853. The summed E-state index contributed by atoms with van der Waals surface area (Å²) in [5.41, 5.74) is 3.45. The Labute approximate surface area is 132 Å². The van der Waals surface area contributed by atoms with E-state index in [0.717, 1.165) is 22.8 Å². The van der Waals surface area contributed by atoms with Crippen LogP contribution in [-0.2, 0) is 6.54 Å². The third-order valence-corrected chi connectivity index (χ3v) is 4.21. The zero-order chi connectivity index (χ0) is 15.3. The van der Waals surface area contributed by atoms with Gasteiger partial charge in [0, 0.05) is 10.6 Å². The van der Waals surface area contributed by atoms with E-state index in [1.807, 2.05) is 34.4 Å². The van der Waals surface area contributed by atoms with Crippen molar-refractivity contribution < 1.29 is 5.11 Å². The van der Waals surface area contributed by atoms with E-state index in [2.05, 4.69) is 15.1 Å². The quantitative estimate of drug-likeness (QED) is 0.617. The molecule has 1 atom stereocenters. The summed E-state index contributed by atoms with van der Waals surface area (Å²) in [6.07, 6.45) is 3.30. The fourth-order valence-corrected chi connectivity index (χ4v) is 3.02. The number of fused-ring (bicyclic) bond motifs is 5. The van der Waals surface area contributed by atoms with E-state index in [4.69, 9.17) is 11.6 Å². The second kappa shape index (κ2) is 4.93. The van der Waals surface area contributed by atoms with E-state index in [1.165, 1.54) is 6.33 Å². The molecule has 3 heterocycles. The molecule has 2 aromatic heterocycles. The molecule has 0 spiro atoms. The highest BCUT2D eigenvalue weighted by molar-refractivity contribution is 6.31. The minimum Gasteiger partial charge on any atom is -0.387 e. The van der Waals surface area contributed by atoms with E-state index in [9.17, 15) is 5.11 Å². The number of rotatable bonds is 2. The van der Waals surface area contributed by atoms with Crippen LogP contribution >= 0.6 is 11.6 Å². The van der Waals surface area contributed by atoms with Crippen molar-refractivity contribution in [2.45, 2.75) is 26.0 Å². The van der Waals surface area contributed by atoms with Gasteiger partial charge in [0.15, 0.2) is 5.82 Å². The Morgan fingerprint density at radius 1 is 1.36 bits per heavy atom. The van der Waals surface area contributed by atoms with Gasteiger partial charge in [-0.25, -0.2) is 14.6 Å². The molecule has 6 nitrogen and oxygen atoms in total. The average molecular weight is 316 g/mol. The molecule has 0 saturated carbocycles. The second-order valence-corrected chi connectivity index (χ2v) is 5.71. The fraction of sp³-hybridized carbons (Fsp3) is 0.267. The molecule has 0 bridgehead atoms. The number of nitrogens with zero attached hydrogens (tertiary/aromatic N) is 5. The van der Waals surface area contributed by atoms with E-state index >= 15 is 0 Å².